The average Bonchev–Trinajstić information content (AvgIpc) is 3.13. The maximum absolute atomic E-state index is 14.1. The van der Waals surface area contributed by atoms with Crippen LogP contribution in [0.2, 0.25) is 0 Å². The normalized spacial score (nSPS) is 15.5. The quantitative estimate of drug-likeness (QED) is 0.474. The van der Waals surface area contributed by atoms with E-state index in [1.165, 1.54) is 0 Å². The number of piperazine rings is 1. The molecule has 1 aromatic heterocycles. The summed E-state index contributed by atoms with van der Waals surface area (Å²) in [5, 5.41) is 12.5. The molecule has 4 rings (SSSR count). The van der Waals surface area contributed by atoms with E-state index in [1.807, 2.05) is 6.07 Å². The lowest BCUT2D eigenvalue weighted by Gasteiger charge is -2.37. The summed E-state index contributed by atoms with van der Waals surface area (Å²) in [6, 6.07) is 8.58. The number of fused-ring (bicyclic) bond motifs is 1. The Bertz CT molecular complexity index is 1260. The van der Waals surface area contributed by atoms with Crippen molar-refractivity contribution < 1.29 is 27.9 Å². The molecular formula is C25H28F2N4O4. The summed E-state index contributed by atoms with van der Waals surface area (Å²) < 4.78 is 33.1. The van der Waals surface area contributed by atoms with Gasteiger partial charge in [0.2, 0.25) is 5.76 Å². The second-order valence-electron chi connectivity index (χ2n) is 9.45. The van der Waals surface area contributed by atoms with Gasteiger partial charge in [-0.15, -0.1) is 0 Å². The number of rotatable bonds is 7. The minimum Gasteiger partial charge on any atom is -0.446 e. The monoisotopic (exact) mass is 486 g/mol. The van der Waals surface area contributed by atoms with E-state index >= 15 is 0 Å². The summed E-state index contributed by atoms with van der Waals surface area (Å²) in [7, 11) is 0. The van der Waals surface area contributed by atoms with Crippen molar-refractivity contribution in [2.75, 3.05) is 38.0 Å². The van der Waals surface area contributed by atoms with Gasteiger partial charge in [0, 0.05) is 50.9 Å². The first kappa shape index (κ1) is 24.8. The number of nitrogens with zero attached hydrogens (tertiary/aromatic N) is 2. The number of carbonyl (C=O) groups is 2. The lowest BCUT2D eigenvalue weighted by atomic mass is 10.1. The van der Waals surface area contributed by atoms with Crippen molar-refractivity contribution in [3.8, 4) is 0 Å². The zero-order valence-corrected chi connectivity index (χ0v) is 19.6. The number of anilines is 1. The van der Waals surface area contributed by atoms with E-state index in [-0.39, 0.29) is 16.7 Å². The van der Waals surface area contributed by atoms with Crippen molar-refractivity contribution in [1.82, 2.24) is 9.80 Å². The van der Waals surface area contributed by atoms with Crippen LogP contribution in [0.15, 0.2) is 40.8 Å². The van der Waals surface area contributed by atoms with Gasteiger partial charge >= 0.3 is 0 Å². The Morgan fingerprint density at radius 2 is 1.80 bits per heavy atom. The fraction of sp³-hybridized carbons (Fsp3) is 0.360. The van der Waals surface area contributed by atoms with Gasteiger partial charge in [-0.05, 0) is 37.6 Å². The van der Waals surface area contributed by atoms with Crippen molar-refractivity contribution in [1.29, 1.82) is 0 Å². The third-order valence-electron chi connectivity index (χ3n) is 5.84. The Labute approximate surface area is 201 Å². The molecule has 3 aromatic rings. The van der Waals surface area contributed by atoms with Crippen LogP contribution >= 0.6 is 0 Å². The molecule has 8 nitrogen and oxygen atoms in total. The molecule has 4 N–H and O–H groups in total. The molecule has 1 aliphatic heterocycles. The molecule has 1 fully saturated rings. The van der Waals surface area contributed by atoms with Crippen LogP contribution in [0.5, 0.6) is 0 Å². The van der Waals surface area contributed by atoms with E-state index in [0.717, 1.165) is 37.8 Å². The first-order chi connectivity index (χ1) is 16.5. The highest BCUT2D eigenvalue weighted by Gasteiger charge is 2.25. The SMILES string of the molecule is CC(C)(O)CN1CCN(Cc2cccc(C(=O)Nc3c(C(N)=O)oc4c(F)cc(F)cc34)c2)CC1. The summed E-state index contributed by atoms with van der Waals surface area (Å²) in [6.07, 6.45) is 0. The van der Waals surface area contributed by atoms with Gasteiger partial charge in [0.25, 0.3) is 11.8 Å². The fourth-order valence-corrected chi connectivity index (χ4v) is 4.33. The van der Waals surface area contributed by atoms with Gasteiger partial charge in [0.1, 0.15) is 11.5 Å². The number of primary amides is 1. The molecule has 0 aliphatic carbocycles. The molecule has 35 heavy (non-hydrogen) atoms. The summed E-state index contributed by atoms with van der Waals surface area (Å²) in [5.74, 6) is -3.94. The highest BCUT2D eigenvalue weighted by molar-refractivity contribution is 6.14. The number of amides is 2. The van der Waals surface area contributed by atoms with Gasteiger partial charge < -0.3 is 20.6 Å². The molecule has 0 atom stereocenters. The number of β-amino-alcohol motifs (C(OH)–C–C–N with tert-alkyl or cyclic N) is 1. The van der Waals surface area contributed by atoms with E-state index in [2.05, 4.69) is 15.1 Å². The summed E-state index contributed by atoms with van der Waals surface area (Å²) in [6.45, 7) is 8.15. The zero-order chi connectivity index (χ0) is 25.3. The summed E-state index contributed by atoms with van der Waals surface area (Å²) in [4.78, 5) is 29.3. The number of hydrogen-bond donors (Lipinski definition) is 3. The smallest absolute Gasteiger partial charge is 0.286 e. The standard InChI is InChI=1S/C25H28F2N4O4/c1-25(2,34)14-31-8-6-30(7-9-31)13-15-4-3-5-16(10-15)24(33)29-20-18-11-17(26)12-19(27)21(18)35-22(20)23(28)32/h3-5,10-12,34H,6-9,13-14H2,1-2H3,(H2,28,32)(H,29,33). The van der Waals surface area contributed by atoms with Gasteiger partial charge in [0.05, 0.1) is 11.0 Å². The van der Waals surface area contributed by atoms with Crippen LogP contribution in [-0.2, 0) is 6.54 Å². The number of aliphatic hydroxyl groups is 1. The number of halogens is 2. The molecule has 1 aliphatic rings. The molecule has 2 amide bonds. The largest absolute Gasteiger partial charge is 0.446 e. The predicted molar refractivity (Wildman–Crippen MR) is 127 cm³/mol. The van der Waals surface area contributed by atoms with Crippen LogP contribution in [0.3, 0.4) is 0 Å². The second kappa shape index (κ2) is 9.73. The van der Waals surface area contributed by atoms with Crippen LogP contribution in [0.1, 0.15) is 40.3 Å². The molecule has 1 saturated heterocycles. The van der Waals surface area contributed by atoms with Crippen molar-refractivity contribution in [2.24, 2.45) is 5.73 Å². The van der Waals surface area contributed by atoms with E-state index in [9.17, 15) is 23.5 Å². The number of benzene rings is 2. The predicted octanol–water partition coefficient (Wildman–Crippen LogP) is 2.95. The first-order valence-electron chi connectivity index (χ1n) is 11.3. The van der Waals surface area contributed by atoms with E-state index in [1.54, 1.807) is 32.0 Å². The van der Waals surface area contributed by atoms with Crippen molar-refractivity contribution in [3.05, 3.63) is 64.9 Å². The molecule has 0 saturated carbocycles. The molecule has 0 radical (unpaired) electrons. The molecule has 0 bridgehead atoms. The van der Waals surface area contributed by atoms with Crippen molar-refractivity contribution in [3.63, 3.8) is 0 Å². The van der Waals surface area contributed by atoms with E-state index in [4.69, 9.17) is 10.2 Å². The highest BCUT2D eigenvalue weighted by Crippen LogP contribution is 2.33. The molecule has 186 valence electrons. The van der Waals surface area contributed by atoms with Crippen LogP contribution in [-0.4, -0.2) is 65.0 Å². The molecule has 10 heteroatoms. The lowest BCUT2D eigenvalue weighted by molar-refractivity contribution is 0.0167. The minimum atomic E-state index is -1.02. The molecule has 0 spiro atoms. The highest BCUT2D eigenvalue weighted by atomic mass is 19.1. The number of nitrogens with one attached hydrogen (secondary N) is 1. The maximum atomic E-state index is 14.1. The van der Waals surface area contributed by atoms with Crippen LogP contribution in [0, 0.1) is 11.6 Å². The third-order valence-corrected chi connectivity index (χ3v) is 5.84. The van der Waals surface area contributed by atoms with Gasteiger partial charge in [-0.3, -0.25) is 19.4 Å². The lowest BCUT2D eigenvalue weighted by Crippen LogP contribution is -2.50. The minimum absolute atomic E-state index is 0.0928. The van der Waals surface area contributed by atoms with Crippen LogP contribution in [0.25, 0.3) is 11.0 Å². The number of furan rings is 1. The number of nitrogens with two attached hydrogens (primary N) is 1. The third kappa shape index (κ3) is 5.84. The van der Waals surface area contributed by atoms with E-state index < -0.39 is 34.8 Å². The maximum Gasteiger partial charge on any atom is 0.286 e. The van der Waals surface area contributed by atoms with Gasteiger partial charge in [-0.1, -0.05) is 12.1 Å². The first-order valence-corrected chi connectivity index (χ1v) is 11.3. The molecular weight excluding hydrogens is 458 g/mol. The van der Waals surface area contributed by atoms with E-state index in [0.29, 0.717) is 24.7 Å². The van der Waals surface area contributed by atoms with Crippen molar-refractivity contribution >= 4 is 28.5 Å². The van der Waals surface area contributed by atoms with Gasteiger partial charge in [0.15, 0.2) is 11.4 Å². The Morgan fingerprint density at radius 1 is 1.11 bits per heavy atom. The van der Waals surface area contributed by atoms with Crippen LogP contribution < -0.4 is 11.1 Å². The molecule has 2 aromatic carbocycles. The zero-order valence-electron chi connectivity index (χ0n) is 19.6. The second-order valence-corrected chi connectivity index (χ2v) is 9.45. The Morgan fingerprint density at radius 3 is 2.46 bits per heavy atom. The van der Waals surface area contributed by atoms with Gasteiger partial charge in [-0.2, -0.15) is 0 Å². The Kier molecular flexibility index (Phi) is 6.88. The molecule has 0 unspecified atom stereocenters. The fourth-order valence-electron chi connectivity index (χ4n) is 4.33. The summed E-state index contributed by atoms with van der Waals surface area (Å²) >= 11 is 0. The topological polar surface area (TPSA) is 112 Å². The van der Waals surface area contributed by atoms with Crippen molar-refractivity contribution in [2.45, 2.75) is 26.0 Å². The summed E-state index contributed by atoms with van der Waals surface area (Å²) in [5.41, 5.74) is 5.27. The van der Waals surface area contributed by atoms with Gasteiger partial charge in [-0.25, -0.2) is 8.78 Å². The number of carbonyl (C=O) groups excluding carboxylic acids is 2. The van der Waals surface area contributed by atoms with Crippen LogP contribution in [0.4, 0.5) is 14.5 Å². The average molecular weight is 487 g/mol. The Hall–Kier alpha value is -3.34. The molecule has 2 heterocycles. The Balaban J connectivity index is 1.48. The number of hydrogen-bond acceptors (Lipinski definition) is 6.